The Morgan fingerprint density at radius 2 is 1.94 bits per heavy atom. The number of rotatable bonds is 7. The molecule has 0 spiro atoms. The van der Waals surface area contributed by atoms with Crippen molar-refractivity contribution in [3.8, 4) is 11.5 Å². The summed E-state index contributed by atoms with van der Waals surface area (Å²) in [7, 11) is 1.51. The minimum atomic E-state index is -0.635. The number of methoxy groups -OCH3 is 1. The van der Waals surface area contributed by atoms with Gasteiger partial charge in [0.2, 0.25) is 5.90 Å². The molecule has 0 aromatic heterocycles. The number of nitrogens with zero attached hydrogens (tertiary/aromatic N) is 2. The molecule has 3 aromatic rings. The number of hydrogen-bond donors (Lipinski definition) is 0. The van der Waals surface area contributed by atoms with Crippen LogP contribution in [-0.4, -0.2) is 23.9 Å². The average Bonchev–Trinajstić information content (AvgIpc) is 3.18. The molecule has 0 radical (unpaired) electrons. The first-order valence-corrected chi connectivity index (χ1v) is 11.0. The van der Waals surface area contributed by atoms with Gasteiger partial charge in [-0.25, -0.2) is 9.79 Å². The van der Waals surface area contributed by atoms with Crippen molar-refractivity contribution in [3.63, 3.8) is 0 Å². The van der Waals surface area contributed by atoms with Crippen LogP contribution in [0.25, 0.3) is 6.08 Å². The summed E-state index contributed by atoms with van der Waals surface area (Å²) in [5.41, 5.74) is 1.98. The summed E-state index contributed by atoms with van der Waals surface area (Å²) < 4.78 is 17.3. The normalized spacial score (nSPS) is 14.0. The molecular formula is C24H16BrClN2O6. The number of hydrogen-bond acceptors (Lipinski definition) is 7. The van der Waals surface area contributed by atoms with Crippen molar-refractivity contribution < 1.29 is 23.9 Å². The van der Waals surface area contributed by atoms with Gasteiger partial charge in [0.05, 0.1) is 16.5 Å². The van der Waals surface area contributed by atoms with Crippen molar-refractivity contribution in [1.82, 2.24) is 0 Å². The van der Waals surface area contributed by atoms with E-state index in [1.807, 2.05) is 18.2 Å². The Morgan fingerprint density at radius 1 is 1.18 bits per heavy atom. The Morgan fingerprint density at radius 3 is 2.62 bits per heavy atom. The van der Waals surface area contributed by atoms with Gasteiger partial charge in [-0.2, -0.15) is 0 Å². The van der Waals surface area contributed by atoms with Gasteiger partial charge in [0, 0.05) is 22.7 Å². The van der Waals surface area contributed by atoms with E-state index >= 15 is 0 Å². The molecule has 0 fully saturated rings. The molecule has 8 nitrogen and oxygen atoms in total. The number of aliphatic imine (C=N–C) groups is 1. The molecule has 4 rings (SSSR count). The van der Waals surface area contributed by atoms with E-state index in [1.54, 1.807) is 24.3 Å². The molecule has 3 aromatic carbocycles. The van der Waals surface area contributed by atoms with E-state index in [9.17, 15) is 14.9 Å². The van der Waals surface area contributed by atoms with Gasteiger partial charge in [0.15, 0.2) is 17.2 Å². The molecule has 34 heavy (non-hydrogen) atoms. The van der Waals surface area contributed by atoms with Gasteiger partial charge >= 0.3 is 5.97 Å². The first-order chi connectivity index (χ1) is 16.3. The predicted octanol–water partition coefficient (Wildman–Crippen LogP) is 5.94. The predicted molar refractivity (Wildman–Crippen MR) is 130 cm³/mol. The molecule has 172 valence electrons. The second-order valence-corrected chi connectivity index (χ2v) is 8.38. The topological polar surface area (TPSA) is 100 Å². The van der Waals surface area contributed by atoms with E-state index in [0.717, 1.165) is 5.56 Å². The molecule has 0 saturated carbocycles. The summed E-state index contributed by atoms with van der Waals surface area (Å²) in [6, 6.07) is 16.4. The van der Waals surface area contributed by atoms with Crippen molar-refractivity contribution in [2.75, 3.05) is 7.11 Å². The molecule has 1 aliphatic rings. The third-order valence-electron chi connectivity index (χ3n) is 4.77. The molecule has 0 atom stereocenters. The summed E-state index contributed by atoms with van der Waals surface area (Å²) >= 11 is 9.52. The van der Waals surface area contributed by atoms with Gasteiger partial charge in [-0.05, 0) is 69.5 Å². The number of ether oxygens (including phenoxy) is 3. The standard InChI is InChI=1S/C24H16BrClN2O6/c1-32-21-12-15(10-19(25)22(21)33-13-14-3-2-4-17(26)9-14)11-20-24(29)34-23(27-20)16-5-7-18(8-6-16)28(30)31/h2-12H,13H2,1H3/b20-11-. The maximum atomic E-state index is 12.3. The van der Waals surface area contributed by atoms with Crippen LogP contribution in [0.4, 0.5) is 5.69 Å². The first kappa shape index (κ1) is 23.5. The van der Waals surface area contributed by atoms with Gasteiger partial charge in [-0.3, -0.25) is 10.1 Å². The lowest BCUT2D eigenvalue weighted by Crippen LogP contribution is -2.05. The van der Waals surface area contributed by atoms with E-state index < -0.39 is 10.9 Å². The number of carbonyl (C=O) groups is 1. The Hall–Kier alpha value is -3.69. The third kappa shape index (κ3) is 5.27. The van der Waals surface area contributed by atoms with Gasteiger partial charge < -0.3 is 14.2 Å². The Balaban J connectivity index is 1.57. The molecule has 1 aliphatic heterocycles. The maximum Gasteiger partial charge on any atom is 0.363 e. The summed E-state index contributed by atoms with van der Waals surface area (Å²) in [6.07, 6.45) is 1.55. The fourth-order valence-electron chi connectivity index (χ4n) is 3.16. The van der Waals surface area contributed by atoms with Crippen molar-refractivity contribution >= 4 is 51.2 Å². The minimum Gasteiger partial charge on any atom is -0.493 e. The van der Waals surface area contributed by atoms with Crippen molar-refractivity contribution in [1.29, 1.82) is 0 Å². The van der Waals surface area contributed by atoms with E-state index in [-0.39, 0.29) is 23.9 Å². The van der Waals surface area contributed by atoms with Crippen LogP contribution in [0.15, 0.2) is 75.8 Å². The first-order valence-electron chi connectivity index (χ1n) is 9.86. The zero-order valence-corrected chi connectivity index (χ0v) is 20.0. The fraction of sp³-hybridized carbons (Fsp3) is 0.0833. The van der Waals surface area contributed by atoms with Crippen LogP contribution in [0.5, 0.6) is 11.5 Å². The van der Waals surface area contributed by atoms with Crippen LogP contribution in [0.1, 0.15) is 16.7 Å². The molecule has 0 N–H and O–H groups in total. The van der Waals surface area contributed by atoms with Gasteiger partial charge in [-0.1, -0.05) is 23.7 Å². The number of benzene rings is 3. The minimum absolute atomic E-state index is 0.0682. The molecule has 0 saturated heterocycles. The highest BCUT2D eigenvalue weighted by atomic mass is 79.9. The lowest BCUT2D eigenvalue weighted by Gasteiger charge is -2.14. The lowest BCUT2D eigenvalue weighted by atomic mass is 10.1. The second kappa shape index (κ2) is 10.1. The molecule has 0 unspecified atom stereocenters. The summed E-state index contributed by atoms with van der Waals surface area (Å²) in [4.78, 5) is 26.9. The Kier molecular flexibility index (Phi) is 6.95. The van der Waals surface area contributed by atoms with Crippen LogP contribution in [-0.2, 0) is 16.1 Å². The van der Waals surface area contributed by atoms with Crippen LogP contribution < -0.4 is 9.47 Å². The number of cyclic esters (lactones) is 1. The number of carbonyl (C=O) groups excluding carboxylic acids is 1. The van der Waals surface area contributed by atoms with Crippen LogP contribution in [0.3, 0.4) is 0 Å². The van der Waals surface area contributed by atoms with Crippen LogP contribution in [0.2, 0.25) is 5.02 Å². The monoisotopic (exact) mass is 542 g/mol. The highest BCUT2D eigenvalue weighted by Gasteiger charge is 2.25. The van der Waals surface area contributed by atoms with Crippen LogP contribution >= 0.6 is 27.5 Å². The maximum absolute atomic E-state index is 12.3. The Labute approximate surface area is 207 Å². The van der Waals surface area contributed by atoms with Crippen LogP contribution in [0, 0.1) is 10.1 Å². The van der Waals surface area contributed by atoms with E-state index in [4.69, 9.17) is 25.8 Å². The smallest absolute Gasteiger partial charge is 0.363 e. The second-order valence-electron chi connectivity index (χ2n) is 7.09. The van der Waals surface area contributed by atoms with Crippen molar-refractivity contribution in [2.45, 2.75) is 6.61 Å². The highest BCUT2D eigenvalue weighted by molar-refractivity contribution is 9.10. The summed E-state index contributed by atoms with van der Waals surface area (Å²) in [6.45, 7) is 0.283. The van der Waals surface area contributed by atoms with Gasteiger partial charge in [0.1, 0.15) is 6.61 Å². The Bertz CT molecular complexity index is 1340. The molecular weight excluding hydrogens is 528 g/mol. The number of halogens is 2. The third-order valence-corrected chi connectivity index (χ3v) is 5.60. The summed E-state index contributed by atoms with van der Waals surface area (Å²) in [5.74, 6) is 0.381. The average molecular weight is 544 g/mol. The quantitative estimate of drug-likeness (QED) is 0.158. The fourth-order valence-corrected chi connectivity index (χ4v) is 3.95. The van der Waals surface area contributed by atoms with Gasteiger partial charge in [-0.15, -0.1) is 0 Å². The highest BCUT2D eigenvalue weighted by Crippen LogP contribution is 2.38. The van der Waals surface area contributed by atoms with Crippen molar-refractivity contribution in [3.05, 3.63) is 103 Å². The number of nitro groups is 1. The number of non-ortho nitro benzene ring substituents is 1. The van der Waals surface area contributed by atoms with Crippen molar-refractivity contribution in [2.24, 2.45) is 4.99 Å². The van der Waals surface area contributed by atoms with Gasteiger partial charge in [0.25, 0.3) is 5.69 Å². The lowest BCUT2D eigenvalue weighted by molar-refractivity contribution is -0.384. The largest absolute Gasteiger partial charge is 0.493 e. The molecule has 0 amide bonds. The summed E-state index contributed by atoms with van der Waals surface area (Å²) in [5, 5.41) is 11.4. The zero-order valence-electron chi connectivity index (χ0n) is 17.7. The molecule has 0 aliphatic carbocycles. The zero-order chi connectivity index (χ0) is 24.2. The number of nitro benzene ring substituents is 1. The van der Waals surface area contributed by atoms with E-state index in [0.29, 0.717) is 32.1 Å². The van der Waals surface area contributed by atoms with E-state index in [1.165, 1.54) is 31.4 Å². The van der Waals surface area contributed by atoms with E-state index in [2.05, 4.69) is 20.9 Å². The number of esters is 1. The molecule has 0 bridgehead atoms. The molecule has 1 heterocycles. The molecule has 10 heteroatoms. The SMILES string of the molecule is COc1cc(/C=C2\N=C(c3ccc([N+](=O)[O-])cc3)OC2=O)cc(Br)c1OCc1cccc(Cl)c1.